The number of halogens is 1. The summed E-state index contributed by atoms with van der Waals surface area (Å²) in [4.78, 5) is 34.1. The average Bonchev–Trinajstić information content (AvgIpc) is 2.78. The summed E-state index contributed by atoms with van der Waals surface area (Å²) >= 11 is 7.35. The van der Waals surface area contributed by atoms with Gasteiger partial charge in [0.15, 0.2) is 5.17 Å². The maximum atomic E-state index is 12.7. The zero-order valence-corrected chi connectivity index (χ0v) is 20.8. The number of amides is 2. The lowest BCUT2D eigenvalue weighted by atomic mass is 9.75. The number of nitrogens with zero attached hydrogens (tertiary/aromatic N) is 2. The smallest absolute Gasteiger partial charge is 0.413 e. The second-order valence-corrected chi connectivity index (χ2v) is 10.6. The van der Waals surface area contributed by atoms with Gasteiger partial charge in [0.25, 0.3) is 5.91 Å². The zero-order chi connectivity index (χ0) is 24.3. The number of carbonyl (C=O) groups excluding carboxylic acids is 2. The third-order valence-corrected chi connectivity index (χ3v) is 6.79. The molecule has 2 aliphatic heterocycles. The van der Waals surface area contributed by atoms with Crippen LogP contribution in [-0.4, -0.2) is 46.7 Å². The van der Waals surface area contributed by atoms with E-state index in [2.05, 4.69) is 15.6 Å². The van der Waals surface area contributed by atoms with E-state index in [0.29, 0.717) is 35.5 Å². The lowest BCUT2D eigenvalue weighted by molar-refractivity contribution is 0.00992. The largest absolute Gasteiger partial charge is 0.444 e. The van der Waals surface area contributed by atoms with Crippen LogP contribution in [-0.2, 0) is 15.0 Å². The van der Waals surface area contributed by atoms with Crippen LogP contribution in [0.3, 0.4) is 0 Å². The van der Waals surface area contributed by atoms with Crippen LogP contribution in [0.5, 0.6) is 0 Å². The number of benzene rings is 1. The van der Waals surface area contributed by atoms with Gasteiger partial charge in [-0.25, -0.2) is 9.78 Å². The molecule has 34 heavy (non-hydrogen) atoms. The first kappa shape index (κ1) is 24.5. The zero-order valence-electron chi connectivity index (χ0n) is 19.3. The van der Waals surface area contributed by atoms with Gasteiger partial charge in [-0.3, -0.25) is 15.1 Å². The molecule has 2 aliphatic rings. The molecule has 2 aromatic rings. The van der Waals surface area contributed by atoms with E-state index in [1.54, 1.807) is 12.1 Å². The van der Waals surface area contributed by atoms with E-state index in [4.69, 9.17) is 26.1 Å². The number of carbonyl (C=O) groups is 2. The van der Waals surface area contributed by atoms with Gasteiger partial charge in [-0.15, -0.1) is 0 Å². The van der Waals surface area contributed by atoms with E-state index in [1.807, 2.05) is 45.0 Å². The van der Waals surface area contributed by atoms with Gasteiger partial charge in [0.05, 0.1) is 17.2 Å². The predicted molar refractivity (Wildman–Crippen MR) is 134 cm³/mol. The van der Waals surface area contributed by atoms with Crippen molar-refractivity contribution in [1.29, 1.82) is 0 Å². The molecule has 0 spiro atoms. The van der Waals surface area contributed by atoms with Crippen molar-refractivity contribution in [2.75, 3.05) is 24.3 Å². The second kappa shape index (κ2) is 9.93. The number of amidine groups is 1. The van der Waals surface area contributed by atoms with Crippen molar-refractivity contribution in [3.8, 4) is 0 Å². The third kappa shape index (κ3) is 5.71. The molecule has 2 N–H and O–H groups in total. The molecule has 3 heterocycles. The van der Waals surface area contributed by atoms with Gasteiger partial charge in [-0.1, -0.05) is 35.5 Å². The number of fused-ring (bicyclic) bond motifs is 1. The number of pyridine rings is 1. The van der Waals surface area contributed by atoms with E-state index in [1.165, 1.54) is 18.0 Å². The Hall–Kier alpha value is -2.62. The summed E-state index contributed by atoms with van der Waals surface area (Å²) in [5.74, 6) is 0.532. The number of aliphatic imine (C=N–C) groups is 1. The summed E-state index contributed by atoms with van der Waals surface area (Å²) in [5, 5.41) is 6.68. The summed E-state index contributed by atoms with van der Waals surface area (Å²) in [5.41, 5.74) is 0.676. The Morgan fingerprint density at radius 1 is 1.24 bits per heavy atom. The second-order valence-electron chi connectivity index (χ2n) is 9.20. The Morgan fingerprint density at radius 3 is 2.79 bits per heavy atom. The minimum Gasteiger partial charge on any atom is -0.444 e. The molecule has 0 saturated carbocycles. The Morgan fingerprint density at radius 2 is 2.06 bits per heavy atom. The van der Waals surface area contributed by atoms with Crippen LogP contribution in [0.1, 0.15) is 43.2 Å². The Balaban J connectivity index is 1.60. The molecule has 1 saturated heterocycles. The number of hydrogen-bond acceptors (Lipinski definition) is 7. The van der Waals surface area contributed by atoms with Gasteiger partial charge in [0.1, 0.15) is 11.3 Å². The lowest BCUT2D eigenvalue weighted by Gasteiger charge is -2.44. The first-order chi connectivity index (χ1) is 16.1. The molecule has 1 aromatic heterocycles. The molecule has 2 atom stereocenters. The number of rotatable bonds is 3. The van der Waals surface area contributed by atoms with Crippen LogP contribution >= 0.6 is 23.4 Å². The molecule has 1 unspecified atom stereocenters. The van der Waals surface area contributed by atoms with Gasteiger partial charge in [-0.2, -0.15) is 0 Å². The molecule has 8 nitrogen and oxygen atoms in total. The van der Waals surface area contributed by atoms with Crippen molar-refractivity contribution >= 4 is 46.2 Å². The third-order valence-electron chi connectivity index (χ3n) is 5.53. The fourth-order valence-corrected chi connectivity index (χ4v) is 5.22. The number of ether oxygens (including phenoxy) is 2. The van der Waals surface area contributed by atoms with Crippen LogP contribution in [0.15, 0.2) is 47.6 Å². The number of aromatic nitrogens is 1. The number of alkyl carbamates (subject to hydrolysis) is 1. The maximum absolute atomic E-state index is 12.7. The molecule has 2 amide bonds. The van der Waals surface area contributed by atoms with E-state index in [9.17, 15) is 9.59 Å². The highest BCUT2D eigenvalue weighted by Crippen LogP contribution is 2.45. The molecule has 10 heteroatoms. The molecule has 0 aliphatic carbocycles. The van der Waals surface area contributed by atoms with Crippen molar-refractivity contribution < 1.29 is 19.1 Å². The van der Waals surface area contributed by atoms with Gasteiger partial charge >= 0.3 is 6.09 Å². The van der Waals surface area contributed by atoms with Crippen LogP contribution in [0.2, 0.25) is 5.02 Å². The maximum Gasteiger partial charge on any atom is 0.413 e. The molecule has 1 fully saturated rings. The molecule has 4 rings (SSSR count). The number of thioether (sulfide) groups is 1. The highest BCUT2D eigenvalue weighted by atomic mass is 35.5. The summed E-state index contributed by atoms with van der Waals surface area (Å²) in [6, 6.07) is 10.8. The number of hydrogen-bond donors (Lipinski definition) is 2. The van der Waals surface area contributed by atoms with Crippen LogP contribution in [0.4, 0.5) is 10.5 Å². The van der Waals surface area contributed by atoms with E-state index in [-0.39, 0.29) is 17.5 Å². The molecule has 1 aromatic carbocycles. The Kier molecular flexibility index (Phi) is 7.16. The first-order valence-electron chi connectivity index (χ1n) is 11.0. The van der Waals surface area contributed by atoms with Crippen LogP contribution in [0, 0.1) is 5.92 Å². The van der Waals surface area contributed by atoms with E-state index < -0.39 is 17.2 Å². The van der Waals surface area contributed by atoms with Gasteiger partial charge < -0.3 is 14.8 Å². The molecular weight excluding hydrogens is 476 g/mol. The van der Waals surface area contributed by atoms with E-state index in [0.717, 1.165) is 11.3 Å². The lowest BCUT2D eigenvalue weighted by Crippen LogP contribution is -2.48. The predicted octanol–water partition coefficient (Wildman–Crippen LogP) is 4.85. The summed E-state index contributed by atoms with van der Waals surface area (Å²) in [6.07, 6.45) is 1.57. The fraction of sp³-hybridized carbons (Fsp3) is 0.417. The monoisotopic (exact) mass is 502 g/mol. The normalized spacial score (nSPS) is 22.2. The van der Waals surface area contributed by atoms with Crippen molar-refractivity contribution in [3.63, 3.8) is 0 Å². The fourth-order valence-electron chi connectivity index (χ4n) is 3.99. The van der Waals surface area contributed by atoms with Crippen molar-refractivity contribution in [2.45, 2.75) is 38.3 Å². The molecule has 0 bridgehead atoms. The summed E-state index contributed by atoms with van der Waals surface area (Å²) < 4.78 is 11.1. The SMILES string of the molecule is CC(C)(C)OC(=O)NC1=N[C@@]2(c3cccc(NC(=O)c4ccc(Cl)cn4)c3)CCOCC2CS1. The minimum absolute atomic E-state index is 0.124. The van der Waals surface area contributed by atoms with Crippen LogP contribution in [0.25, 0.3) is 0 Å². The number of nitrogens with one attached hydrogen (secondary N) is 2. The van der Waals surface area contributed by atoms with Crippen molar-refractivity contribution in [1.82, 2.24) is 10.3 Å². The van der Waals surface area contributed by atoms with Gasteiger partial charge in [-0.05, 0) is 50.6 Å². The van der Waals surface area contributed by atoms with Crippen molar-refractivity contribution in [2.24, 2.45) is 10.9 Å². The topological polar surface area (TPSA) is 102 Å². The quantitative estimate of drug-likeness (QED) is 0.622. The van der Waals surface area contributed by atoms with Gasteiger partial charge in [0.2, 0.25) is 0 Å². The Labute approximate surface area is 207 Å². The van der Waals surface area contributed by atoms with Gasteiger partial charge in [0, 0.05) is 36.6 Å². The highest BCUT2D eigenvalue weighted by Gasteiger charge is 2.46. The highest BCUT2D eigenvalue weighted by molar-refractivity contribution is 8.13. The minimum atomic E-state index is -0.603. The average molecular weight is 503 g/mol. The molecule has 180 valence electrons. The van der Waals surface area contributed by atoms with Crippen molar-refractivity contribution in [3.05, 3.63) is 58.9 Å². The Bertz CT molecular complexity index is 1100. The molecule has 0 radical (unpaired) electrons. The first-order valence-corrected chi connectivity index (χ1v) is 12.3. The van der Waals surface area contributed by atoms with Crippen LogP contribution < -0.4 is 10.6 Å². The summed E-state index contributed by atoms with van der Waals surface area (Å²) in [7, 11) is 0. The standard InChI is InChI=1S/C24H27ClN4O4S/c1-23(2,3)33-22(31)28-21-29-24(9-10-32-13-16(24)14-34-21)15-5-4-6-18(11-15)27-20(30)19-8-7-17(25)12-26-19/h4-8,11-12,16H,9-10,13-14H2,1-3H3,(H,27,30)(H,28,29,31)/t16?,24-/m1/s1. The number of anilines is 1. The summed E-state index contributed by atoms with van der Waals surface area (Å²) in [6.45, 7) is 6.57. The molecular formula is C24H27ClN4O4S. The van der Waals surface area contributed by atoms with E-state index >= 15 is 0 Å².